The van der Waals surface area contributed by atoms with Crippen LogP contribution in [-0.2, 0) is 23.8 Å². The SMILES string of the molecule is COCCN(CCC(=O)OC)C(=O)[C@@H]1CCCO1. The number of amides is 1. The first kappa shape index (κ1) is 14.9. The van der Waals surface area contributed by atoms with Crippen molar-refractivity contribution in [3.63, 3.8) is 0 Å². The molecule has 1 atom stereocenters. The van der Waals surface area contributed by atoms with Gasteiger partial charge in [0.05, 0.1) is 20.1 Å². The molecule has 0 aromatic rings. The maximum Gasteiger partial charge on any atom is 0.307 e. The van der Waals surface area contributed by atoms with Gasteiger partial charge in [-0.2, -0.15) is 0 Å². The van der Waals surface area contributed by atoms with Gasteiger partial charge in [-0.05, 0) is 12.8 Å². The van der Waals surface area contributed by atoms with Gasteiger partial charge in [-0.3, -0.25) is 9.59 Å². The van der Waals surface area contributed by atoms with E-state index in [2.05, 4.69) is 4.74 Å². The van der Waals surface area contributed by atoms with Crippen LogP contribution in [0.3, 0.4) is 0 Å². The van der Waals surface area contributed by atoms with Crippen molar-refractivity contribution < 1.29 is 23.8 Å². The zero-order chi connectivity index (χ0) is 13.4. The van der Waals surface area contributed by atoms with Crippen LogP contribution in [0.2, 0.25) is 0 Å². The third-order valence-electron chi connectivity index (χ3n) is 2.90. The topological polar surface area (TPSA) is 65.1 Å². The minimum absolute atomic E-state index is 0.0616. The Hall–Kier alpha value is -1.14. The molecule has 0 bridgehead atoms. The van der Waals surface area contributed by atoms with Crippen LogP contribution in [0.15, 0.2) is 0 Å². The molecule has 0 N–H and O–H groups in total. The van der Waals surface area contributed by atoms with Gasteiger partial charge in [-0.25, -0.2) is 0 Å². The molecular weight excluding hydrogens is 238 g/mol. The van der Waals surface area contributed by atoms with Crippen molar-refractivity contribution in [2.24, 2.45) is 0 Å². The Kier molecular flexibility index (Phi) is 6.67. The average molecular weight is 259 g/mol. The first-order valence-electron chi connectivity index (χ1n) is 6.15. The molecule has 1 saturated heterocycles. The molecule has 1 aliphatic heterocycles. The van der Waals surface area contributed by atoms with Crippen LogP contribution in [0.4, 0.5) is 0 Å². The van der Waals surface area contributed by atoms with E-state index < -0.39 is 0 Å². The normalized spacial score (nSPS) is 18.7. The van der Waals surface area contributed by atoms with Crippen molar-refractivity contribution in [1.29, 1.82) is 0 Å². The number of rotatable bonds is 7. The Bertz CT molecular complexity index is 276. The quantitative estimate of drug-likeness (QED) is 0.611. The lowest BCUT2D eigenvalue weighted by atomic mass is 10.2. The second-order valence-electron chi connectivity index (χ2n) is 4.15. The Morgan fingerprint density at radius 2 is 2.11 bits per heavy atom. The van der Waals surface area contributed by atoms with Gasteiger partial charge >= 0.3 is 5.97 Å². The Labute approximate surface area is 107 Å². The summed E-state index contributed by atoms with van der Waals surface area (Å²) in [6.45, 7) is 1.88. The summed E-state index contributed by atoms with van der Waals surface area (Å²) in [5, 5.41) is 0. The summed E-state index contributed by atoms with van der Waals surface area (Å²) in [6, 6.07) is 0. The van der Waals surface area contributed by atoms with Crippen LogP contribution in [-0.4, -0.2) is 63.4 Å². The highest BCUT2D eigenvalue weighted by atomic mass is 16.5. The monoisotopic (exact) mass is 259 g/mol. The standard InChI is InChI=1S/C12H21NO5/c1-16-9-7-13(6-5-11(14)17-2)12(15)10-4-3-8-18-10/h10H,3-9H2,1-2H3/t10-/m0/s1. The summed E-state index contributed by atoms with van der Waals surface area (Å²) >= 11 is 0. The van der Waals surface area contributed by atoms with E-state index in [-0.39, 0.29) is 24.4 Å². The zero-order valence-corrected chi connectivity index (χ0v) is 11.0. The summed E-state index contributed by atoms with van der Waals surface area (Å²) in [5.74, 6) is -0.383. The van der Waals surface area contributed by atoms with Crippen LogP contribution in [0.1, 0.15) is 19.3 Å². The average Bonchev–Trinajstić information content (AvgIpc) is 2.91. The van der Waals surface area contributed by atoms with Crippen molar-refractivity contribution >= 4 is 11.9 Å². The molecule has 6 nitrogen and oxygen atoms in total. The molecule has 0 unspecified atom stereocenters. The predicted molar refractivity (Wildman–Crippen MR) is 64.1 cm³/mol. The second-order valence-corrected chi connectivity index (χ2v) is 4.15. The summed E-state index contributed by atoms with van der Waals surface area (Å²) in [7, 11) is 2.92. The maximum atomic E-state index is 12.1. The maximum absolute atomic E-state index is 12.1. The van der Waals surface area contributed by atoms with E-state index in [1.807, 2.05) is 0 Å². The second kappa shape index (κ2) is 8.05. The molecule has 0 aliphatic carbocycles. The van der Waals surface area contributed by atoms with E-state index in [0.29, 0.717) is 26.3 Å². The Morgan fingerprint density at radius 1 is 1.33 bits per heavy atom. The highest BCUT2D eigenvalue weighted by Crippen LogP contribution is 2.15. The van der Waals surface area contributed by atoms with E-state index in [0.717, 1.165) is 12.8 Å². The third kappa shape index (κ3) is 4.62. The number of carbonyl (C=O) groups excluding carboxylic acids is 2. The van der Waals surface area contributed by atoms with E-state index in [4.69, 9.17) is 9.47 Å². The number of hydrogen-bond acceptors (Lipinski definition) is 5. The molecule has 1 aliphatic rings. The lowest BCUT2D eigenvalue weighted by Gasteiger charge is -2.24. The van der Waals surface area contributed by atoms with Crippen LogP contribution in [0, 0.1) is 0 Å². The van der Waals surface area contributed by atoms with Gasteiger partial charge in [0.25, 0.3) is 5.91 Å². The van der Waals surface area contributed by atoms with Crippen molar-refractivity contribution in [1.82, 2.24) is 4.90 Å². The van der Waals surface area contributed by atoms with Gasteiger partial charge in [0, 0.05) is 26.8 Å². The van der Waals surface area contributed by atoms with Gasteiger partial charge in [-0.1, -0.05) is 0 Å². The highest BCUT2D eigenvalue weighted by Gasteiger charge is 2.28. The number of esters is 1. The number of methoxy groups -OCH3 is 2. The lowest BCUT2D eigenvalue weighted by molar-refractivity contribution is -0.144. The Balaban J connectivity index is 2.47. The van der Waals surface area contributed by atoms with Crippen LogP contribution >= 0.6 is 0 Å². The molecule has 6 heteroatoms. The molecule has 1 fully saturated rings. The number of ether oxygens (including phenoxy) is 3. The molecule has 1 amide bonds. The van der Waals surface area contributed by atoms with Crippen LogP contribution in [0.5, 0.6) is 0 Å². The minimum Gasteiger partial charge on any atom is -0.469 e. The van der Waals surface area contributed by atoms with E-state index in [1.165, 1.54) is 7.11 Å². The number of hydrogen-bond donors (Lipinski definition) is 0. The smallest absolute Gasteiger partial charge is 0.307 e. The fourth-order valence-corrected chi connectivity index (χ4v) is 1.84. The fraction of sp³-hybridized carbons (Fsp3) is 0.833. The van der Waals surface area contributed by atoms with Gasteiger partial charge in [0.1, 0.15) is 6.10 Å². The summed E-state index contributed by atoms with van der Waals surface area (Å²) in [6.07, 6.45) is 1.49. The molecule has 0 radical (unpaired) electrons. The molecule has 104 valence electrons. The van der Waals surface area contributed by atoms with Gasteiger partial charge < -0.3 is 19.1 Å². The van der Waals surface area contributed by atoms with Crippen LogP contribution in [0.25, 0.3) is 0 Å². The molecule has 18 heavy (non-hydrogen) atoms. The molecular formula is C12H21NO5. The summed E-state index contributed by atoms with van der Waals surface area (Å²) in [5.41, 5.74) is 0. The van der Waals surface area contributed by atoms with Gasteiger partial charge in [0.2, 0.25) is 0 Å². The van der Waals surface area contributed by atoms with Crippen molar-refractivity contribution in [3.05, 3.63) is 0 Å². The summed E-state index contributed by atoms with van der Waals surface area (Å²) in [4.78, 5) is 24.9. The third-order valence-corrected chi connectivity index (χ3v) is 2.90. The highest BCUT2D eigenvalue weighted by molar-refractivity contribution is 5.81. The van der Waals surface area contributed by atoms with Crippen molar-refractivity contribution in [2.75, 3.05) is 40.5 Å². The molecule has 0 saturated carbocycles. The zero-order valence-electron chi connectivity index (χ0n) is 11.0. The van der Waals surface area contributed by atoms with E-state index in [1.54, 1.807) is 12.0 Å². The minimum atomic E-state index is -0.362. The number of nitrogens with zero attached hydrogens (tertiary/aromatic N) is 1. The summed E-state index contributed by atoms with van der Waals surface area (Å²) < 4.78 is 14.9. The first-order valence-corrected chi connectivity index (χ1v) is 6.15. The predicted octanol–water partition coefficient (Wildman–Crippen LogP) is 0.204. The fourth-order valence-electron chi connectivity index (χ4n) is 1.84. The van der Waals surface area contributed by atoms with Crippen LogP contribution < -0.4 is 0 Å². The molecule has 0 aromatic carbocycles. The molecule has 1 rings (SSSR count). The first-order chi connectivity index (χ1) is 8.69. The lowest BCUT2D eigenvalue weighted by Crippen LogP contribution is -2.42. The van der Waals surface area contributed by atoms with E-state index >= 15 is 0 Å². The molecule has 0 spiro atoms. The van der Waals surface area contributed by atoms with Crippen molar-refractivity contribution in [3.8, 4) is 0 Å². The van der Waals surface area contributed by atoms with Gasteiger partial charge in [-0.15, -0.1) is 0 Å². The number of carbonyl (C=O) groups is 2. The van der Waals surface area contributed by atoms with E-state index in [9.17, 15) is 9.59 Å². The van der Waals surface area contributed by atoms with Gasteiger partial charge in [0.15, 0.2) is 0 Å². The Morgan fingerprint density at radius 3 is 2.67 bits per heavy atom. The molecule has 1 heterocycles. The van der Waals surface area contributed by atoms with Crippen molar-refractivity contribution in [2.45, 2.75) is 25.4 Å². The molecule has 0 aromatic heterocycles. The largest absolute Gasteiger partial charge is 0.469 e.